The van der Waals surface area contributed by atoms with Crippen LogP contribution in [-0.4, -0.2) is 37.1 Å². The van der Waals surface area contributed by atoms with Crippen LogP contribution < -0.4 is 0 Å². The minimum absolute atomic E-state index is 0.0316. The number of rotatable bonds is 2. The molecule has 0 aliphatic carbocycles. The topological polar surface area (TPSA) is 42.7 Å². The van der Waals surface area contributed by atoms with Crippen molar-refractivity contribution in [1.82, 2.24) is 4.90 Å². The van der Waals surface area contributed by atoms with Gasteiger partial charge >= 0.3 is 0 Å². The van der Waals surface area contributed by atoms with Crippen molar-refractivity contribution < 1.29 is 13.9 Å². The first-order valence-corrected chi connectivity index (χ1v) is 7.75. The van der Waals surface area contributed by atoms with Gasteiger partial charge in [-0.1, -0.05) is 23.2 Å². The summed E-state index contributed by atoms with van der Waals surface area (Å²) in [4.78, 5) is 14.3. The summed E-state index contributed by atoms with van der Waals surface area (Å²) in [5, 5.41) is 0.938. The Morgan fingerprint density at radius 1 is 1.14 bits per heavy atom. The van der Waals surface area contributed by atoms with Gasteiger partial charge in [0.1, 0.15) is 11.5 Å². The number of benzene rings is 1. The second-order valence-corrected chi connectivity index (χ2v) is 5.93. The fourth-order valence-corrected chi connectivity index (χ4v) is 2.72. The Hall–Kier alpha value is -1.49. The molecule has 3 rings (SSSR count). The number of carbonyl (C=O) groups excluding carboxylic acids is 1. The number of aryl methyl sites for hydroxylation is 1. The van der Waals surface area contributed by atoms with E-state index in [2.05, 4.69) is 0 Å². The van der Waals surface area contributed by atoms with Crippen LogP contribution in [0.1, 0.15) is 16.1 Å². The number of hydrogen-bond acceptors (Lipinski definition) is 3. The Balaban J connectivity index is 1.89. The highest BCUT2D eigenvalue weighted by molar-refractivity contribution is 6.42. The van der Waals surface area contributed by atoms with Crippen molar-refractivity contribution in [2.75, 3.05) is 26.3 Å². The fraction of sp³-hybridized carbons (Fsp3) is 0.312. The molecule has 0 radical (unpaired) electrons. The van der Waals surface area contributed by atoms with E-state index >= 15 is 0 Å². The smallest absolute Gasteiger partial charge is 0.257 e. The van der Waals surface area contributed by atoms with E-state index in [1.165, 1.54) is 0 Å². The summed E-state index contributed by atoms with van der Waals surface area (Å²) in [6.45, 7) is 4.14. The molecule has 0 unspecified atom stereocenters. The van der Waals surface area contributed by atoms with Gasteiger partial charge in [-0.3, -0.25) is 4.79 Å². The predicted octanol–water partition coefficient (Wildman–Crippen LogP) is 4.03. The molecule has 0 bridgehead atoms. The number of ether oxygens (including phenoxy) is 1. The summed E-state index contributed by atoms with van der Waals surface area (Å²) in [7, 11) is 0. The maximum absolute atomic E-state index is 12.5. The van der Waals surface area contributed by atoms with Crippen LogP contribution in [0.2, 0.25) is 10.0 Å². The maximum atomic E-state index is 12.5. The van der Waals surface area contributed by atoms with Crippen molar-refractivity contribution in [3.8, 4) is 11.3 Å². The zero-order valence-corrected chi connectivity index (χ0v) is 13.6. The molecule has 116 valence electrons. The zero-order chi connectivity index (χ0) is 15.7. The van der Waals surface area contributed by atoms with Crippen molar-refractivity contribution in [2.45, 2.75) is 6.92 Å². The van der Waals surface area contributed by atoms with Crippen LogP contribution in [0.5, 0.6) is 0 Å². The molecule has 22 heavy (non-hydrogen) atoms. The lowest BCUT2D eigenvalue weighted by molar-refractivity contribution is 0.0301. The summed E-state index contributed by atoms with van der Waals surface area (Å²) < 4.78 is 11.0. The van der Waals surface area contributed by atoms with Crippen molar-refractivity contribution in [1.29, 1.82) is 0 Å². The minimum atomic E-state index is -0.0316. The van der Waals surface area contributed by atoms with Gasteiger partial charge in [0.15, 0.2) is 0 Å². The number of morpholine rings is 1. The van der Waals surface area contributed by atoms with Crippen LogP contribution in [0.15, 0.2) is 28.7 Å². The molecule has 1 fully saturated rings. The third kappa shape index (κ3) is 3.00. The van der Waals surface area contributed by atoms with Crippen LogP contribution >= 0.6 is 23.2 Å². The number of carbonyl (C=O) groups is 1. The quantitative estimate of drug-likeness (QED) is 0.829. The van der Waals surface area contributed by atoms with Crippen molar-refractivity contribution >= 4 is 29.1 Å². The van der Waals surface area contributed by atoms with E-state index in [0.717, 1.165) is 5.56 Å². The summed E-state index contributed by atoms with van der Waals surface area (Å²) in [6.07, 6.45) is 0. The second-order valence-electron chi connectivity index (χ2n) is 5.11. The normalized spacial score (nSPS) is 15.1. The molecule has 0 saturated carbocycles. The molecule has 0 N–H and O–H groups in total. The van der Waals surface area contributed by atoms with Crippen LogP contribution in [0.3, 0.4) is 0 Å². The second kappa shape index (κ2) is 6.32. The third-order valence-electron chi connectivity index (χ3n) is 3.65. The zero-order valence-electron chi connectivity index (χ0n) is 12.1. The van der Waals surface area contributed by atoms with Crippen LogP contribution in [0, 0.1) is 6.92 Å². The Kier molecular flexibility index (Phi) is 4.43. The first-order chi connectivity index (χ1) is 10.6. The molecule has 1 saturated heterocycles. The number of amides is 1. The molecular formula is C16H15Cl2NO3. The summed E-state index contributed by atoms with van der Waals surface area (Å²) >= 11 is 12.0. The van der Waals surface area contributed by atoms with Gasteiger partial charge in [-0.05, 0) is 31.2 Å². The van der Waals surface area contributed by atoms with E-state index < -0.39 is 0 Å². The Bertz CT molecular complexity index is 705. The molecule has 2 aromatic rings. The highest BCUT2D eigenvalue weighted by atomic mass is 35.5. The molecule has 6 heteroatoms. The first kappa shape index (κ1) is 15.4. The fourth-order valence-electron chi connectivity index (χ4n) is 2.42. The average Bonchev–Trinajstić information content (AvgIpc) is 2.92. The lowest BCUT2D eigenvalue weighted by Crippen LogP contribution is -2.40. The highest BCUT2D eigenvalue weighted by Gasteiger charge is 2.23. The SMILES string of the molecule is Cc1oc(-c2ccc(Cl)c(Cl)c2)cc1C(=O)N1CCOCC1. The lowest BCUT2D eigenvalue weighted by Gasteiger charge is -2.26. The van der Waals surface area contributed by atoms with E-state index in [-0.39, 0.29) is 5.91 Å². The molecule has 4 nitrogen and oxygen atoms in total. The van der Waals surface area contributed by atoms with Crippen molar-refractivity contribution in [3.05, 3.63) is 45.6 Å². The van der Waals surface area contributed by atoms with E-state index in [0.29, 0.717) is 53.4 Å². The molecule has 0 spiro atoms. The number of halogens is 2. The van der Waals surface area contributed by atoms with E-state index in [1.54, 1.807) is 30.0 Å². The number of hydrogen-bond donors (Lipinski definition) is 0. The van der Waals surface area contributed by atoms with Gasteiger partial charge in [-0.15, -0.1) is 0 Å². The molecular weight excluding hydrogens is 325 g/mol. The van der Waals surface area contributed by atoms with Gasteiger partial charge in [0.05, 0.1) is 28.8 Å². The monoisotopic (exact) mass is 339 g/mol. The van der Waals surface area contributed by atoms with Gasteiger partial charge in [-0.25, -0.2) is 0 Å². The van der Waals surface area contributed by atoms with E-state index in [9.17, 15) is 4.79 Å². The number of nitrogens with zero attached hydrogens (tertiary/aromatic N) is 1. The van der Waals surface area contributed by atoms with E-state index in [4.69, 9.17) is 32.4 Å². The van der Waals surface area contributed by atoms with Crippen LogP contribution in [0.4, 0.5) is 0 Å². The van der Waals surface area contributed by atoms with E-state index in [1.807, 2.05) is 6.07 Å². The average molecular weight is 340 g/mol. The van der Waals surface area contributed by atoms with Gasteiger partial charge < -0.3 is 14.1 Å². The van der Waals surface area contributed by atoms with Crippen LogP contribution in [0.25, 0.3) is 11.3 Å². The highest BCUT2D eigenvalue weighted by Crippen LogP contribution is 2.31. The van der Waals surface area contributed by atoms with Gasteiger partial charge in [0.2, 0.25) is 0 Å². The molecule has 1 aromatic carbocycles. The predicted molar refractivity (Wildman–Crippen MR) is 85.6 cm³/mol. The molecule has 1 aliphatic heterocycles. The Morgan fingerprint density at radius 3 is 2.55 bits per heavy atom. The van der Waals surface area contributed by atoms with Crippen LogP contribution in [-0.2, 0) is 4.74 Å². The summed E-state index contributed by atoms with van der Waals surface area (Å²) in [6, 6.07) is 7.01. The summed E-state index contributed by atoms with van der Waals surface area (Å²) in [5.41, 5.74) is 1.36. The molecule has 1 aliphatic rings. The number of furan rings is 1. The van der Waals surface area contributed by atoms with Gasteiger partial charge in [-0.2, -0.15) is 0 Å². The standard InChI is InChI=1S/C16H15Cl2NO3/c1-10-12(16(20)19-4-6-21-7-5-19)9-15(22-10)11-2-3-13(17)14(18)8-11/h2-3,8-9H,4-7H2,1H3. The Morgan fingerprint density at radius 2 is 1.86 bits per heavy atom. The molecule has 1 amide bonds. The molecule has 0 atom stereocenters. The largest absolute Gasteiger partial charge is 0.461 e. The van der Waals surface area contributed by atoms with Crippen molar-refractivity contribution in [2.24, 2.45) is 0 Å². The van der Waals surface area contributed by atoms with Crippen molar-refractivity contribution in [3.63, 3.8) is 0 Å². The van der Waals surface area contributed by atoms with Gasteiger partial charge in [0.25, 0.3) is 5.91 Å². The third-order valence-corrected chi connectivity index (χ3v) is 4.39. The Labute approximate surface area is 138 Å². The van der Waals surface area contributed by atoms with Gasteiger partial charge in [0, 0.05) is 18.7 Å². The minimum Gasteiger partial charge on any atom is -0.461 e. The lowest BCUT2D eigenvalue weighted by atomic mass is 10.1. The molecule has 1 aromatic heterocycles. The molecule has 2 heterocycles. The first-order valence-electron chi connectivity index (χ1n) is 6.99. The summed E-state index contributed by atoms with van der Waals surface area (Å²) in [5.74, 6) is 1.17. The maximum Gasteiger partial charge on any atom is 0.257 e.